The number of imidazole rings is 1. The van der Waals surface area contributed by atoms with Gasteiger partial charge in [0, 0.05) is 45.4 Å². The minimum atomic E-state index is 0.220. The van der Waals surface area contributed by atoms with Crippen molar-refractivity contribution in [2.75, 3.05) is 13.1 Å². The molecule has 0 spiro atoms. The standard InChI is InChI=1S/C19H27N3O/c1-16(2)15-22(13-11-17-7-5-4-6-8-17)19(23)10-9-18-20-12-14-21(18)3/h4-8,12,14,16H,9-11,13,15H2,1-3H3. The van der Waals surface area contributed by atoms with Gasteiger partial charge < -0.3 is 9.47 Å². The summed E-state index contributed by atoms with van der Waals surface area (Å²) < 4.78 is 1.98. The maximum atomic E-state index is 12.6. The first-order valence-electron chi connectivity index (χ1n) is 8.34. The van der Waals surface area contributed by atoms with Crippen LogP contribution in [0.15, 0.2) is 42.7 Å². The number of hydrogen-bond acceptors (Lipinski definition) is 2. The third kappa shape index (κ3) is 5.55. The third-order valence-corrected chi connectivity index (χ3v) is 3.93. The van der Waals surface area contributed by atoms with Crippen LogP contribution in [0, 0.1) is 5.92 Å². The van der Waals surface area contributed by atoms with Gasteiger partial charge in [-0.15, -0.1) is 0 Å². The maximum Gasteiger partial charge on any atom is 0.223 e. The van der Waals surface area contributed by atoms with Crippen LogP contribution in [0.1, 0.15) is 31.7 Å². The van der Waals surface area contributed by atoms with E-state index in [0.29, 0.717) is 18.8 Å². The molecule has 0 bridgehead atoms. The molecule has 0 radical (unpaired) electrons. The number of carbonyl (C=O) groups excluding carboxylic acids is 1. The Hall–Kier alpha value is -2.10. The number of carbonyl (C=O) groups is 1. The van der Waals surface area contributed by atoms with Gasteiger partial charge in [0.2, 0.25) is 5.91 Å². The van der Waals surface area contributed by atoms with Crippen molar-refractivity contribution in [3.8, 4) is 0 Å². The van der Waals surface area contributed by atoms with Crippen LogP contribution in [0.5, 0.6) is 0 Å². The molecule has 4 nitrogen and oxygen atoms in total. The van der Waals surface area contributed by atoms with E-state index >= 15 is 0 Å². The van der Waals surface area contributed by atoms with Crippen LogP contribution in [0.25, 0.3) is 0 Å². The van der Waals surface area contributed by atoms with Crippen LogP contribution in [-0.2, 0) is 24.7 Å². The molecule has 0 fully saturated rings. The Morgan fingerprint density at radius 1 is 1.22 bits per heavy atom. The number of aromatic nitrogens is 2. The molecule has 2 rings (SSSR count). The average molecular weight is 313 g/mol. The van der Waals surface area contributed by atoms with Crippen LogP contribution in [0.3, 0.4) is 0 Å². The van der Waals surface area contributed by atoms with Crippen molar-refractivity contribution in [1.29, 1.82) is 0 Å². The maximum absolute atomic E-state index is 12.6. The van der Waals surface area contributed by atoms with Gasteiger partial charge in [0.25, 0.3) is 0 Å². The van der Waals surface area contributed by atoms with Crippen LogP contribution in [0.4, 0.5) is 0 Å². The van der Waals surface area contributed by atoms with E-state index in [0.717, 1.165) is 25.3 Å². The monoisotopic (exact) mass is 313 g/mol. The third-order valence-electron chi connectivity index (χ3n) is 3.93. The molecule has 1 amide bonds. The fraction of sp³-hybridized carbons (Fsp3) is 0.474. The topological polar surface area (TPSA) is 38.1 Å². The molecule has 1 aromatic heterocycles. The Morgan fingerprint density at radius 2 is 1.96 bits per heavy atom. The predicted octanol–water partition coefficient (Wildman–Crippen LogP) is 3.08. The first kappa shape index (κ1) is 17.3. The highest BCUT2D eigenvalue weighted by Gasteiger charge is 2.15. The quantitative estimate of drug-likeness (QED) is 0.751. The number of hydrogen-bond donors (Lipinski definition) is 0. The fourth-order valence-electron chi connectivity index (χ4n) is 2.68. The molecular weight excluding hydrogens is 286 g/mol. The van der Waals surface area contributed by atoms with Crippen molar-refractivity contribution in [1.82, 2.24) is 14.5 Å². The van der Waals surface area contributed by atoms with Crippen molar-refractivity contribution in [2.45, 2.75) is 33.1 Å². The molecule has 124 valence electrons. The first-order valence-corrected chi connectivity index (χ1v) is 8.34. The Bertz CT molecular complexity index is 604. The lowest BCUT2D eigenvalue weighted by atomic mass is 10.1. The molecular formula is C19H27N3O. The van der Waals surface area contributed by atoms with Crippen molar-refractivity contribution in [3.63, 3.8) is 0 Å². The van der Waals surface area contributed by atoms with Crippen LogP contribution < -0.4 is 0 Å². The number of amides is 1. The molecule has 23 heavy (non-hydrogen) atoms. The summed E-state index contributed by atoms with van der Waals surface area (Å²) in [5.74, 6) is 1.66. The van der Waals surface area contributed by atoms with Gasteiger partial charge in [0.1, 0.15) is 5.82 Å². The van der Waals surface area contributed by atoms with Crippen molar-refractivity contribution >= 4 is 5.91 Å². The molecule has 4 heteroatoms. The van der Waals surface area contributed by atoms with Crippen LogP contribution >= 0.6 is 0 Å². The summed E-state index contributed by atoms with van der Waals surface area (Å²) in [5, 5.41) is 0. The van der Waals surface area contributed by atoms with E-state index in [-0.39, 0.29) is 5.91 Å². The number of rotatable bonds is 8. The molecule has 0 atom stereocenters. The Kier molecular flexibility index (Phi) is 6.39. The molecule has 1 aromatic carbocycles. The van der Waals surface area contributed by atoms with Gasteiger partial charge in [-0.3, -0.25) is 4.79 Å². The molecule has 0 aliphatic carbocycles. The summed E-state index contributed by atoms with van der Waals surface area (Å²) in [6, 6.07) is 10.3. The second-order valence-corrected chi connectivity index (χ2v) is 6.42. The Balaban J connectivity index is 1.91. The zero-order valence-corrected chi connectivity index (χ0v) is 14.4. The second kappa shape index (κ2) is 8.51. The molecule has 0 saturated heterocycles. The van der Waals surface area contributed by atoms with Gasteiger partial charge in [0.15, 0.2) is 0 Å². The predicted molar refractivity (Wildman–Crippen MR) is 93.1 cm³/mol. The van der Waals surface area contributed by atoms with Crippen molar-refractivity contribution in [3.05, 3.63) is 54.1 Å². The zero-order chi connectivity index (χ0) is 16.7. The minimum Gasteiger partial charge on any atom is -0.342 e. The van der Waals surface area contributed by atoms with E-state index in [1.807, 2.05) is 40.9 Å². The lowest BCUT2D eigenvalue weighted by Gasteiger charge is -2.25. The minimum absolute atomic E-state index is 0.220. The molecule has 1 heterocycles. The average Bonchev–Trinajstić information content (AvgIpc) is 2.95. The van der Waals surface area contributed by atoms with Crippen molar-refractivity contribution < 1.29 is 4.79 Å². The fourth-order valence-corrected chi connectivity index (χ4v) is 2.68. The Morgan fingerprint density at radius 3 is 2.57 bits per heavy atom. The lowest BCUT2D eigenvalue weighted by molar-refractivity contribution is -0.131. The first-order chi connectivity index (χ1) is 11.1. The normalized spacial score (nSPS) is 11.0. The summed E-state index contributed by atoms with van der Waals surface area (Å²) in [6.45, 7) is 5.90. The smallest absolute Gasteiger partial charge is 0.223 e. The molecule has 0 unspecified atom stereocenters. The van der Waals surface area contributed by atoms with E-state index < -0.39 is 0 Å². The number of nitrogens with zero attached hydrogens (tertiary/aromatic N) is 3. The molecule has 2 aromatic rings. The Labute approximate surface area is 139 Å². The summed E-state index contributed by atoms with van der Waals surface area (Å²) >= 11 is 0. The van der Waals surface area contributed by atoms with Gasteiger partial charge in [-0.25, -0.2) is 4.98 Å². The summed E-state index contributed by atoms with van der Waals surface area (Å²) in [5.41, 5.74) is 1.28. The number of aryl methyl sites for hydroxylation is 2. The van der Waals surface area contributed by atoms with Gasteiger partial charge in [-0.2, -0.15) is 0 Å². The van der Waals surface area contributed by atoms with Crippen LogP contribution in [-0.4, -0.2) is 33.4 Å². The zero-order valence-electron chi connectivity index (χ0n) is 14.4. The van der Waals surface area contributed by atoms with E-state index in [4.69, 9.17) is 0 Å². The van der Waals surface area contributed by atoms with Gasteiger partial charge in [-0.1, -0.05) is 44.2 Å². The molecule has 0 saturated carbocycles. The second-order valence-electron chi connectivity index (χ2n) is 6.42. The highest BCUT2D eigenvalue weighted by molar-refractivity contribution is 5.76. The van der Waals surface area contributed by atoms with Crippen molar-refractivity contribution in [2.24, 2.45) is 13.0 Å². The van der Waals surface area contributed by atoms with Crippen LogP contribution in [0.2, 0.25) is 0 Å². The summed E-state index contributed by atoms with van der Waals surface area (Å²) in [6.07, 6.45) is 5.82. The van der Waals surface area contributed by atoms with E-state index in [2.05, 4.69) is 31.0 Å². The van der Waals surface area contributed by atoms with Gasteiger partial charge in [-0.05, 0) is 17.9 Å². The summed E-state index contributed by atoms with van der Waals surface area (Å²) in [7, 11) is 1.97. The largest absolute Gasteiger partial charge is 0.342 e. The highest BCUT2D eigenvalue weighted by atomic mass is 16.2. The lowest BCUT2D eigenvalue weighted by Crippen LogP contribution is -2.36. The highest BCUT2D eigenvalue weighted by Crippen LogP contribution is 2.08. The molecule has 0 N–H and O–H groups in total. The number of benzene rings is 1. The molecule has 0 aliphatic heterocycles. The van der Waals surface area contributed by atoms with Gasteiger partial charge >= 0.3 is 0 Å². The molecule has 0 aliphatic rings. The SMILES string of the molecule is CC(C)CN(CCc1ccccc1)C(=O)CCc1nccn1C. The van der Waals surface area contributed by atoms with E-state index in [1.165, 1.54) is 5.56 Å². The van der Waals surface area contributed by atoms with Gasteiger partial charge in [0.05, 0.1) is 0 Å². The van der Waals surface area contributed by atoms with E-state index in [1.54, 1.807) is 6.20 Å². The summed E-state index contributed by atoms with van der Waals surface area (Å²) in [4.78, 5) is 18.9. The van der Waals surface area contributed by atoms with E-state index in [9.17, 15) is 4.79 Å².